The van der Waals surface area contributed by atoms with E-state index in [0.717, 1.165) is 28.5 Å². The molecule has 3 nitrogen and oxygen atoms in total. The first-order chi connectivity index (χ1) is 7.61. The van der Waals surface area contributed by atoms with Crippen LogP contribution in [0.3, 0.4) is 0 Å². The van der Waals surface area contributed by atoms with E-state index in [0.29, 0.717) is 10.7 Å². The van der Waals surface area contributed by atoms with Gasteiger partial charge in [-0.3, -0.25) is 4.79 Å². The number of aldehydes is 1. The lowest BCUT2D eigenvalue weighted by atomic mass is 10.1. The number of fused-ring (bicyclic) bond motifs is 1. The average Bonchev–Trinajstić information content (AvgIpc) is 2.53. The van der Waals surface area contributed by atoms with Crippen LogP contribution < -0.4 is 4.74 Å². The Kier molecular flexibility index (Phi) is 2.64. The van der Waals surface area contributed by atoms with Crippen LogP contribution in [0.1, 0.15) is 16.1 Å². The molecule has 2 aromatic rings. The molecule has 84 valence electrons. The standard InChI is InChI=1S/C12H12ClNO2/c1-7-9(6-15)14(2)12-8(13)4-5-10(16-3)11(7)12/h4-6H,1-3H3. The molecule has 1 aromatic carbocycles. The lowest BCUT2D eigenvalue weighted by Gasteiger charge is -2.05. The van der Waals surface area contributed by atoms with Gasteiger partial charge < -0.3 is 9.30 Å². The highest BCUT2D eigenvalue weighted by atomic mass is 35.5. The number of ether oxygens (including phenoxy) is 1. The van der Waals surface area contributed by atoms with Gasteiger partial charge in [-0.05, 0) is 24.6 Å². The summed E-state index contributed by atoms with van der Waals surface area (Å²) in [5, 5.41) is 1.52. The van der Waals surface area contributed by atoms with E-state index in [1.54, 1.807) is 17.7 Å². The number of hydrogen-bond acceptors (Lipinski definition) is 2. The van der Waals surface area contributed by atoms with Gasteiger partial charge in [0.1, 0.15) is 5.75 Å². The van der Waals surface area contributed by atoms with Crippen molar-refractivity contribution >= 4 is 28.8 Å². The number of halogens is 1. The van der Waals surface area contributed by atoms with Crippen LogP contribution >= 0.6 is 11.6 Å². The minimum atomic E-state index is 0.620. The van der Waals surface area contributed by atoms with Crippen molar-refractivity contribution in [3.8, 4) is 5.75 Å². The molecule has 1 aromatic heterocycles. The number of benzene rings is 1. The van der Waals surface area contributed by atoms with Gasteiger partial charge in [-0.25, -0.2) is 0 Å². The highest BCUT2D eigenvalue weighted by Gasteiger charge is 2.17. The van der Waals surface area contributed by atoms with Gasteiger partial charge in [0.2, 0.25) is 0 Å². The minimum absolute atomic E-state index is 0.620. The van der Waals surface area contributed by atoms with Gasteiger partial charge in [0.15, 0.2) is 6.29 Å². The van der Waals surface area contributed by atoms with Gasteiger partial charge in [0.05, 0.1) is 23.3 Å². The Bertz CT molecular complexity index is 572. The van der Waals surface area contributed by atoms with E-state index in [2.05, 4.69) is 0 Å². The van der Waals surface area contributed by atoms with Crippen LogP contribution in [0.15, 0.2) is 12.1 Å². The van der Waals surface area contributed by atoms with Crippen molar-refractivity contribution in [2.24, 2.45) is 7.05 Å². The van der Waals surface area contributed by atoms with Crippen molar-refractivity contribution in [2.45, 2.75) is 6.92 Å². The lowest BCUT2D eigenvalue weighted by Crippen LogP contribution is -1.95. The number of rotatable bonds is 2. The summed E-state index contributed by atoms with van der Waals surface area (Å²) >= 11 is 6.14. The van der Waals surface area contributed by atoms with E-state index in [1.807, 2.05) is 20.0 Å². The normalized spacial score (nSPS) is 10.8. The van der Waals surface area contributed by atoms with E-state index in [4.69, 9.17) is 16.3 Å². The Hall–Kier alpha value is -1.48. The third-order valence-corrected chi connectivity index (χ3v) is 3.18. The van der Waals surface area contributed by atoms with Gasteiger partial charge >= 0.3 is 0 Å². The highest BCUT2D eigenvalue weighted by molar-refractivity contribution is 6.35. The number of carbonyl (C=O) groups excluding carboxylic acids is 1. The fourth-order valence-corrected chi connectivity index (χ4v) is 2.36. The molecule has 0 aliphatic carbocycles. The predicted molar refractivity (Wildman–Crippen MR) is 64.6 cm³/mol. The summed E-state index contributed by atoms with van der Waals surface area (Å²) in [6.45, 7) is 1.89. The first-order valence-corrected chi connectivity index (χ1v) is 5.26. The first-order valence-electron chi connectivity index (χ1n) is 4.88. The van der Waals surface area contributed by atoms with E-state index >= 15 is 0 Å². The van der Waals surface area contributed by atoms with Crippen molar-refractivity contribution in [3.05, 3.63) is 28.4 Å². The molecule has 2 rings (SSSR count). The Balaban J connectivity index is 3.02. The highest BCUT2D eigenvalue weighted by Crippen LogP contribution is 2.36. The van der Waals surface area contributed by atoms with Crippen LogP contribution in [-0.2, 0) is 7.05 Å². The van der Waals surface area contributed by atoms with Crippen molar-refractivity contribution in [2.75, 3.05) is 7.11 Å². The van der Waals surface area contributed by atoms with Gasteiger partial charge in [0, 0.05) is 12.4 Å². The molecular weight excluding hydrogens is 226 g/mol. The molecule has 0 saturated carbocycles. The molecule has 0 bridgehead atoms. The molecule has 4 heteroatoms. The summed E-state index contributed by atoms with van der Waals surface area (Å²) in [6.07, 6.45) is 0.838. The molecule has 0 saturated heterocycles. The Morgan fingerprint density at radius 2 is 2.12 bits per heavy atom. The van der Waals surface area contributed by atoms with E-state index in [9.17, 15) is 4.79 Å². The van der Waals surface area contributed by atoms with E-state index in [-0.39, 0.29) is 0 Å². The molecule has 0 N–H and O–H groups in total. The molecule has 0 atom stereocenters. The maximum absolute atomic E-state index is 11.0. The number of nitrogens with zero attached hydrogens (tertiary/aromatic N) is 1. The molecule has 0 aliphatic rings. The third kappa shape index (κ3) is 1.32. The van der Waals surface area contributed by atoms with Crippen LogP contribution in [0.25, 0.3) is 10.9 Å². The third-order valence-electron chi connectivity index (χ3n) is 2.88. The average molecular weight is 238 g/mol. The number of hydrogen-bond donors (Lipinski definition) is 0. The quantitative estimate of drug-likeness (QED) is 0.752. The topological polar surface area (TPSA) is 31.2 Å². The number of aryl methyl sites for hydroxylation is 2. The second kappa shape index (κ2) is 3.83. The Labute approximate surface area is 98.6 Å². The SMILES string of the molecule is COc1ccc(Cl)c2c1c(C)c(C=O)n2C. The van der Waals surface area contributed by atoms with Gasteiger partial charge in [0.25, 0.3) is 0 Å². The molecule has 0 fully saturated rings. The van der Waals surface area contributed by atoms with Gasteiger partial charge in [-0.1, -0.05) is 11.6 Å². The molecule has 0 amide bonds. The summed E-state index contributed by atoms with van der Waals surface area (Å²) in [5.41, 5.74) is 2.36. The van der Waals surface area contributed by atoms with Crippen LogP contribution in [0.2, 0.25) is 5.02 Å². The van der Waals surface area contributed by atoms with Crippen LogP contribution in [0.4, 0.5) is 0 Å². The van der Waals surface area contributed by atoms with Crippen LogP contribution in [0, 0.1) is 6.92 Å². The largest absolute Gasteiger partial charge is 0.496 e. The number of aromatic nitrogens is 1. The van der Waals surface area contributed by atoms with Crippen LogP contribution in [-0.4, -0.2) is 18.0 Å². The fourth-order valence-electron chi connectivity index (χ4n) is 2.08. The summed E-state index contributed by atoms with van der Waals surface area (Å²) in [4.78, 5) is 11.0. The summed E-state index contributed by atoms with van der Waals surface area (Å²) in [5.74, 6) is 0.737. The molecule has 16 heavy (non-hydrogen) atoms. The van der Waals surface area contributed by atoms with E-state index in [1.165, 1.54) is 0 Å². The summed E-state index contributed by atoms with van der Waals surface area (Å²) in [7, 11) is 3.43. The zero-order chi connectivity index (χ0) is 11.9. The van der Waals surface area contributed by atoms with Crippen LogP contribution in [0.5, 0.6) is 5.75 Å². The summed E-state index contributed by atoms with van der Waals surface area (Å²) in [6, 6.07) is 3.59. The fraction of sp³-hybridized carbons (Fsp3) is 0.250. The van der Waals surface area contributed by atoms with E-state index < -0.39 is 0 Å². The molecule has 0 spiro atoms. The molecule has 0 radical (unpaired) electrons. The maximum Gasteiger partial charge on any atom is 0.166 e. The Morgan fingerprint density at radius 3 is 2.69 bits per heavy atom. The molecule has 1 heterocycles. The summed E-state index contributed by atoms with van der Waals surface area (Å²) < 4.78 is 7.08. The van der Waals surface area contributed by atoms with Gasteiger partial charge in [-0.2, -0.15) is 0 Å². The lowest BCUT2D eigenvalue weighted by molar-refractivity contribution is 0.111. The predicted octanol–water partition coefficient (Wildman–Crippen LogP) is 2.96. The number of methoxy groups -OCH3 is 1. The minimum Gasteiger partial charge on any atom is -0.496 e. The Morgan fingerprint density at radius 1 is 1.44 bits per heavy atom. The molecule has 0 aliphatic heterocycles. The van der Waals surface area contributed by atoms with Crippen molar-refractivity contribution in [1.29, 1.82) is 0 Å². The zero-order valence-electron chi connectivity index (χ0n) is 9.37. The molecular formula is C12H12ClNO2. The van der Waals surface area contributed by atoms with Gasteiger partial charge in [-0.15, -0.1) is 0 Å². The smallest absolute Gasteiger partial charge is 0.166 e. The zero-order valence-corrected chi connectivity index (χ0v) is 10.1. The monoisotopic (exact) mass is 237 g/mol. The van der Waals surface area contributed by atoms with Crippen molar-refractivity contribution in [1.82, 2.24) is 4.57 Å². The second-order valence-corrected chi connectivity index (χ2v) is 4.07. The van der Waals surface area contributed by atoms with Crippen molar-refractivity contribution < 1.29 is 9.53 Å². The first kappa shape index (κ1) is 11.0. The molecule has 0 unspecified atom stereocenters. The number of carbonyl (C=O) groups is 1. The second-order valence-electron chi connectivity index (χ2n) is 3.66. The maximum atomic E-state index is 11.0. The van der Waals surface area contributed by atoms with Crippen molar-refractivity contribution in [3.63, 3.8) is 0 Å².